The highest BCUT2D eigenvalue weighted by atomic mass is 16.2. The van der Waals surface area contributed by atoms with Crippen molar-refractivity contribution in [3.63, 3.8) is 0 Å². The van der Waals surface area contributed by atoms with Gasteiger partial charge in [-0.1, -0.05) is 91.8 Å². The minimum absolute atomic E-state index is 0.0152. The van der Waals surface area contributed by atoms with Crippen molar-refractivity contribution in [2.45, 2.75) is 193 Å². The van der Waals surface area contributed by atoms with Gasteiger partial charge >= 0.3 is 0 Å². The first-order chi connectivity index (χ1) is 41.3. The molecule has 3 heterocycles. The molecular weight excluding hydrogens is 1110 g/mol. The van der Waals surface area contributed by atoms with E-state index in [1.54, 1.807) is 70.2 Å². The van der Waals surface area contributed by atoms with E-state index in [1.165, 1.54) is 9.80 Å². The summed E-state index contributed by atoms with van der Waals surface area (Å²) in [7, 11) is 3.62. The first-order valence-electron chi connectivity index (χ1n) is 31.0. The molecule has 12 N–H and O–H groups in total. The molecule has 0 bridgehead atoms. The molecule has 0 spiro atoms. The van der Waals surface area contributed by atoms with Crippen LogP contribution in [-0.4, -0.2) is 170 Å². The van der Waals surface area contributed by atoms with Crippen LogP contribution in [0.15, 0.2) is 48.5 Å². The topological polar surface area (TPSA) is 352 Å². The SMILES string of the molecule is CC(C)C[C@@H]1NC(=O)[C@H](CCCN)NC(=O)[C@H](C(C)C)NC(=O)[C@@H]2CCCN2C(=O)[C@@H](Cc2ccc(N(C)C)cc2C#N)NC(=O)[C@H](CC(C)C)NC(=O)[C@H](CCCN)NC(=O)[C@H](C(C)C)NC(=O)[C@@H]2CCCN2C(=O)[C@@H](Cc2ccccc2)NC1=O. The molecule has 24 nitrogen and oxygen atoms in total. The van der Waals surface area contributed by atoms with Gasteiger partial charge in [-0.3, -0.25) is 47.9 Å². The van der Waals surface area contributed by atoms with Crippen molar-refractivity contribution >= 4 is 64.8 Å². The largest absolute Gasteiger partial charge is 0.378 e. The summed E-state index contributed by atoms with van der Waals surface area (Å²) in [5.41, 5.74) is 13.9. The molecule has 478 valence electrons. The van der Waals surface area contributed by atoms with Crippen LogP contribution in [0.25, 0.3) is 0 Å². The molecule has 10 amide bonds. The first kappa shape index (κ1) is 70.1. The number of rotatable bonds is 17. The van der Waals surface area contributed by atoms with Gasteiger partial charge in [-0.25, -0.2) is 0 Å². The zero-order chi connectivity index (χ0) is 64.2. The molecule has 3 saturated heterocycles. The van der Waals surface area contributed by atoms with Crippen LogP contribution in [0.2, 0.25) is 0 Å². The van der Waals surface area contributed by atoms with Gasteiger partial charge in [0.2, 0.25) is 59.1 Å². The second-order valence-electron chi connectivity index (χ2n) is 25.1. The highest BCUT2D eigenvalue weighted by Crippen LogP contribution is 2.25. The number of anilines is 1. The maximum Gasteiger partial charge on any atom is 0.246 e. The maximum atomic E-state index is 15.2. The second kappa shape index (κ2) is 33.5. The normalized spacial score (nSPS) is 25.6. The summed E-state index contributed by atoms with van der Waals surface area (Å²) < 4.78 is 0. The summed E-state index contributed by atoms with van der Waals surface area (Å²) in [5, 5.41) is 33.1. The predicted molar refractivity (Wildman–Crippen MR) is 329 cm³/mol. The maximum absolute atomic E-state index is 15.2. The molecule has 0 aliphatic carbocycles. The van der Waals surface area contributed by atoms with E-state index in [4.69, 9.17) is 11.5 Å². The number of amides is 10. The van der Waals surface area contributed by atoms with Crippen LogP contribution in [-0.2, 0) is 60.8 Å². The van der Waals surface area contributed by atoms with Gasteiger partial charge in [-0.05, 0) is 124 Å². The lowest BCUT2D eigenvalue weighted by atomic mass is 9.97. The highest BCUT2D eigenvalue weighted by Gasteiger charge is 2.43. The average molecular weight is 1210 g/mol. The molecule has 2 aromatic carbocycles. The van der Waals surface area contributed by atoms with Crippen LogP contribution < -0.4 is 58.9 Å². The van der Waals surface area contributed by atoms with E-state index >= 15 is 4.79 Å². The number of carbonyl (C=O) groups is 10. The molecule has 2 aromatic rings. The predicted octanol–water partition coefficient (Wildman–Crippen LogP) is 1.17. The van der Waals surface area contributed by atoms with E-state index in [1.807, 2.05) is 52.8 Å². The Labute approximate surface area is 512 Å². The summed E-state index contributed by atoms with van der Waals surface area (Å²) in [6, 6.07) is 4.01. The smallest absolute Gasteiger partial charge is 0.246 e. The van der Waals surface area contributed by atoms with E-state index in [0.29, 0.717) is 29.7 Å². The molecule has 0 unspecified atom stereocenters. The van der Waals surface area contributed by atoms with Crippen molar-refractivity contribution in [1.82, 2.24) is 52.3 Å². The first-order valence-corrected chi connectivity index (χ1v) is 31.0. The fourth-order valence-electron chi connectivity index (χ4n) is 11.4. The van der Waals surface area contributed by atoms with Gasteiger partial charge < -0.3 is 68.7 Å². The van der Waals surface area contributed by atoms with Gasteiger partial charge in [0.15, 0.2) is 0 Å². The minimum atomic E-state index is -1.40. The van der Waals surface area contributed by atoms with Crippen molar-refractivity contribution in [3.05, 3.63) is 65.2 Å². The molecule has 0 radical (unpaired) electrons. The molecule has 5 rings (SSSR count). The Morgan fingerprint density at radius 1 is 0.517 bits per heavy atom. The fourth-order valence-corrected chi connectivity index (χ4v) is 11.4. The van der Waals surface area contributed by atoms with Gasteiger partial charge in [-0.2, -0.15) is 5.26 Å². The quantitative estimate of drug-likeness (QED) is 0.106. The Bertz CT molecular complexity index is 2770. The molecule has 0 aromatic heterocycles. The number of carbonyl (C=O) groups excluding carboxylic acids is 10. The average Bonchev–Trinajstić information content (AvgIpc) is 3.76. The molecule has 3 fully saturated rings. The monoisotopic (exact) mass is 1210 g/mol. The number of nitrogens with one attached hydrogen (secondary N) is 8. The Hall–Kier alpha value is -7.65. The third kappa shape index (κ3) is 19.9. The Kier molecular flexibility index (Phi) is 27.0. The van der Waals surface area contributed by atoms with E-state index in [9.17, 15) is 48.4 Å². The molecule has 87 heavy (non-hydrogen) atoms. The van der Waals surface area contributed by atoms with Crippen molar-refractivity contribution in [2.75, 3.05) is 45.2 Å². The molecule has 10 atom stereocenters. The number of nitriles is 1. The van der Waals surface area contributed by atoms with Crippen LogP contribution in [0.3, 0.4) is 0 Å². The van der Waals surface area contributed by atoms with Gasteiger partial charge in [0, 0.05) is 45.7 Å². The van der Waals surface area contributed by atoms with Gasteiger partial charge in [0.25, 0.3) is 0 Å². The second-order valence-corrected chi connectivity index (χ2v) is 25.1. The Balaban J connectivity index is 1.62. The van der Waals surface area contributed by atoms with Gasteiger partial charge in [-0.15, -0.1) is 0 Å². The minimum Gasteiger partial charge on any atom is -0.378 e. The van der Waals surface area contributed by atoms with Gasteiger partial charge in [0.1, 0.15) is 60.4 Å². The fraction of sp³-hybridized carbons (Fsp3) is 0.635. The van der Waals surface area contributed by atoms with Crippen LogP contribution in [0, 0.1) is 35.0 Å². The van der Waals surface area contributed by atoms with E-state index in [2.05, 4.69) is 48.6 Å². The third-order valence-corrected chi connectivity index (χ3v) is 16.2. The van der Waals surface area contributed by atoms with Gasteiger partial charge in [0.05, 0.1) is 11.6 Å². The van der Waals surface area contributed by atoms with Crippen LogP contribution in [0.1, 0.15) is 136 Å². The third-order valence-electron chi connectivity index (χ3n) is 16.2. The van der Waals surface area contributed by atoms with E-state index in [0.717, 1.165) is 0 Å². The van der Waals surface area contributed by atoms with Crippen molar-refractivity contribution in [3.8, 4) is 6.07 Å². The molecular formula is C63H96N14O10. The van der Waals surface area contributed by atoms with Crippen molar-refractivity contribution in [2.24, 2.45) is 35.1 Å². The summed E-state index contributed by atoms with van der Waals surface area (Å²) in [5.74, 6) is -8.30. The zero-order valence-electron chi connectivity index (χ0n) is 52.5. The van der Waals surface area contributed by atoms with E-state index < -0.39 is 131 Å². The highest BCUT2D eigenvalue weighted by molar-refractivity contribution is 6.00. The van der Waals surface area contributed by atoms with Crippen LogP contribution in [0.5, 0.6) is 0 Å². The lowest BCUT2D eigenvalue weighted by molar-refractivity contribution is -0.143. The summed E-state index contributed by atoms with van der Waals surface area (Å²) in [6.07, 6.45) is 1.87. The Morgan fingerprint density at radius 2 is 0.920 bits per heavy atom. The van der Waals surface area contributed by atoms with Crippen molar-refractivity contribution < 1.29 is 47.9 Å². The number of benzene rings is 2. The standard InChI is InChI=1S/C63H96N14O10/c1-36(2)30-46-56(80)71-48(32-40-18-12-11-13-19-40)62(86)76-28-16-22-50(76)58(82)73-52(38(5)6)60(84)68-45(21-15-27-65)55(79)70-47(31-37(3)4)57(81)72-49(34-41-24-25-43(75(9)10)33-42(41)35-66)63(87)77-29-17-23-51(77)59(83)74-53(39(7)8)61(85)67-44(20-14-26-64)54(78)69-46/h11-13,18-19,24-25,33,36-39,44-53H,14-17,20-23,26-32,34,64-65H2,1-10H3,(H,67,85)(H,68,84)(H,69,78)(H,70,79)(H,71,80)(H,72,81)(H,73,82)(H,74,83)/t44-,45-,46-,47-,48+,49+,50-,51-,52-,53-/m0/s1. The molecule has 3 aliphatic heterocycles. The lowest BCUT2D eigenvalue weighted by Crippen LogP contribution is -2.62. The number of nitrogens with two attached hydrogens (primary N) is 2. The number of fused-ring (bicyclic) bond motifs is 2. The Morgan fingerprint density at radius 3 is 1.31 bits per heavy atom. The number of hydrogen-bond donors (Lipinski definition) is 10. The van der Waals surface area contributed by atoms with Crippen LogP contribution >= 0.6 is 0 Å². The molecule has 24 heteroatoms. The summed E-state index contributed by atoms with van der Waals surface area (Å²) in [6.45, 7) is 14.8. The van der Waals surface area contributed by atoms with Crippen molar-refractivity contribution in [1.29, 1.82) is 5.26 Å². The van der Waals surface area contributed by atoms with E-state index in [-0.39, 0.29) is 108 Å². The lowest BCUT2D eigenvalue weighted by Gasteiger charge is -2.33. The number of hydrogen-bond acceptors (Lipinski definition) is 14. The molecule has 0 saturated carbocycles. The molecule has 3 aliphatic rings. The van der Waals surface area contributed by atoms with Crippen LogP contribution in [0.4, 0.5) is 5.69 Å². The number of nitrogens with zero attached hydrogens (tertiary/aromatic N) is 4. The zero-order valence-corrected chi connectivity index (χ0v) is 52.5. The summed E-state index contributed by atoms with van der Waals surface area (Å²) in [4.78, 5) is 151. The summed E-state index contributed by atoms with van der Waals surface area (Å²) >= 11 is 0.